The Labute approximate surface area is 189 Å². The summed E-state index contributed by atoms with van der Waals surface area (Å²) in [6, 6.07) is 20.9. The summed E-state index contributed by atoms with van der Waals surface area (Å²) >= 11 is 0. The van der Waals surface area contributed by atoms with Crippen LogP contribution in [0.25, 0.3) is 10.8 Å². The van der Waals surface area contributed by atoms with Gasteiger partial charge in [0.25, 0.3) is 0 Å². The Kier molecular flexibility index (Phi) is 5.58. The second-order valence-electron chi connectivity index (χ2n) is 8.06. The number of fused-ring (bicyclic) bond motifs is 1. The summed E-state index contributed by atoms with van der Waals surface area (Å²) in [6.45, 7) is 2.64. The standard InChI is InChI=1S/C25H22F3N5/c26-25(27,28)19-10-11-23(29-17-19)32-12-14-33(15-13-32)24-21-9-5-4-8-20(21)22(30-31-24)16-18-6-2-1-3-7-18/h1-11,17H,12-16H2. The first-order chi connectivity index (χ1) is 16.0. The third-order valence-corrected chi connectivity index (χ3v) is 5.94. The fourth-order valence-corrected chi connectivity index (χ4v) is 4.19. The highest BCUT2D eigenvalue weighted by molar-refractivity contribution is 5.93. The van der Waals surface area contributed by atoms with Gasteiger partial charge in [-0.15, -0.1) is 5.10 Å². The SMILES string of the molecule is FC(F)(F)c1ccc(N2CCN(c3nnc(Cc4ccccc4)c4ccccc34)CC2)nc1. The van der Waals surface area contributed by atoms with Crippen LogP contribution < -0.4 is 9.80 Å². The van der Waals surface area contributed by atoms with Crippen LogP contribution in [0.15, 0.2) is 72.9 Å². The topological polar surface area (TPSA) is 45.2 Å². The lowest BCUT2D eigenvalue weighted by molar-refractivity contribution is -0.137. The number of alkyl halides is 3. The van der Waals surface area contributed by atoms with Crippen LogP contribution in [0, 0.1) is 0 Å². The zero-order valence-corrected chi connectivity index (χ0v) is 17.8. The quantitative estimate of drug-likeness (QED) is 0.441. The Balaban J connectivity index is 1.34. The largest absolute Gasteiger partial charge is 0.417 e. The van der Waals surface area contributed by atoms with E-state index in [1.165, 1.54) is 11.6 Å². The number of benzene rings is 2. The van der Waals surface area contributed by atoms with E-state index in [0.717, 1.165) is 34.5 Å². The van der Waals surface area contributed by atoms with E-state index >= 15 is 0 Å². The molecule has 0 N–H and O–H groups in total. The van der Waals surface area contributed by atoms with Crippen LogP contribution >= 0.6 is 0 Å². The average molecular weight is 449 g/mol. The lowest BCUT2D eigenvalue weighted by Crippen LogP contribution is -2.47. The van der Waals surface area contributed by atoms with E-state index in [-0.39, 0.29) is 0 Å². The van der Waals surface area contributed by atoms with Crippen molar-refractivity contribution in [3.63, 3.8) is 0 Å². The average Bonchev–Trinajstić information content (AvgIpc) is 2.85. The summed E-state index contributed by atoms with van der Waals surface area (Å²) in [5.74, 6) is 1.39. The van der Waals surface area contributed by atoms with Gasteiger partial charge in [-0.3, -0.25) is 0 Å². The Morgan fingerprint density at radius 1 is 0.727 bits per heavy atom. The van der Waals surface area contributed by atoms with E-state index < -0.39 is 11.7 Å². The molecule has 168 valence electrons. The van der Waals surface area contributed by atoms with E-state index in [4.69, 9.17) is 0 Å². The minimum Gasteiger partial charge on any atom is -0.353 e. The summed E-state index contributed by atoms with van der Waals surface area (Å²) in [6.07, 6.45) is -2.77. The molecule has 0 spiro atoms. The van der Waals surface area contributed by atoms with Gasteiger partial charge in [0.1, 0.15) is 5.82 Å². The number of rotatable bonds is 4. The maximum Gasteiger partial charge on any atom is 0.417 e. The van der Waals surface area contributed by atoms with E-state index in [9.17, 15) is 13.2 Å². The minimum absolute atomic E-state index is 0.553. The highest BCUT2D eigenvalue weighted by Gasteiger charge is 2.31. The first kappa shape index (κ1) is 21.2. The van der Waals surface area contributed by atoms with Crippen LogP contribution in [0.1, 0.15) is 16.8 Å². The van der Waals surface area contributed by atoms with Crippen molar-refractivity contribution in [2.45, 2.75) is 12.6 Å². The van der Waals surface area contributed by atoms with Crippen molar-refractivity contribution >= 4 is 22.4 Å². The van der Waals surface area contributed by atoms with E-state index in [1.54, 1.807) is 0 Å². The number of nitrogens with zero attached hydrogens (tertiary/aromatic N) is 5. The Morgan fingerprint density at radius 3 is 2.06 bits per heavy atom. The number of anilines is 2. The number of hydrogen-bond donors (Lipinski definition) is 0. The van der Waals surface area contributed by atoms with Gasteiger partial charge < -0.3 is 9.80 Å². The molecule has 4 aromatic rings. The molecule has 0 unspecified atom stereocenters. The van der Waals surface area contributed by atoms with Crippen molar-refractivity contribution in [2.24, 2.45) is 0 Å². The molecule has 0 bridgehead atoms. The first-order valence-corrected chi connectivity index (χ1v) is 10.8. The van der Waals surface area contributed by atoms with Crippen LogP contribution in [0.3, 0.4) is 0 Å². The van der Waals surface area contributed by atoms with E-state index in [1.807, 2.05) is 35.2 Å². The summed E-state index contributed by atoms with van der Waals surface area (Å²) in [4.78, 5) is 8.21. The molecule has 1 saturated heterocycles. The molecular weight excluding hydrogens is 427 g/mol. The fraction of sp³-hybridized carbons (Fsp3) is 0.240. The van der Waals surface area contributed by atoms with Crippen molar-refractivity contribution in [1.82, 2.24) is 15.2 Å². The number of hydrogen-bond acceptors (Lipinski definition) is 5. The molecule has 0 amide bonds. The maximum atomic E-state index is 12.8. The molecule has 0 aliphatic carbocycles. The van der Waals surface area contributed by atoms with Gasteiger partial charge in [0, 0.05) is 49.6 Å². The van der Waals surface area contributed by atoms with Gasteiger partial charge in [0.15, 0.2) is 5.82 Å². The minimum atomic E-state index is -4.38. The summed E-state index contributed by atoms with van der Waals surface area (Å²) < 4.78 is 38.4. The molecule has 1 aliphatic heterocycles. The number of aromatic nitrogens is 3. The van der Waals surface area contributed by atoms with Crippen molar-refractivity contribution < 1.29 is 13.2 Å². The van der Waals surface area contributed by atoms with Gasteiger partial charge in [-0.2, -0.15) is 18.3 Å². The lowest BCUT2D eigenvalue weighted by Gasteiger charge is -2.36. The van der Waals surface area contributed by atoms with Crippen LogP contribution in [-0.2, 0) is 12.6 Å². The van der Waals surface area contributed by atoms with Gasteiger partial charge in [0.2, 0.25) is 0 Å². The molecule has 33 heavy (non-hydrogen) atoms. The number of piperazine rings is 1. The van der Waals surface area contributed by atoms with E-state index in [0.29, 0.717) is 38.4 Å². The molecule has 3 heterocycles. The molecule has 5 rings (SSSR count). The lowest BCUT2D eigenvalue weighted by atomic mass is 10.0. The highest BCUT2D eigenvalue weighted by atomic mass is 19.4. The molecule has 2 aromatic heterocycles. The second-order valence-corrected chi connectivity index (χ2v) is 8.06. The molecule has 8 heteroatoms. The molecule has 1 aliphatic rings. The molecular formula is C25H22F3N5. The zero-order valence-electron chi connectivity index (χ0n) is 17.8. The molecule has 5 nitrogen and oxygen atoms in total. The summed E-state index contributed by atoms with van der Waals surface area (Å²) in [5, 5.41) is 11.3. The Bertz CT molecular complexity index is 1230. The van der Waals surface area contributed by atoms with Gasteiger partial charge in [-0.25, -0.2) is 4.98 Å². The molecule has 0 saturated carbocycles. The Hall–Kier alpha value is -3.68. The predicted octanol–water partition coefficient (Wildman–Crippen LogP) is 4.96. The number of halogens is 3. The van der Waals surface area contributed by atoms with Crippen LogP contribution in [0.5, 0.6) is 0 Å². The molecule has 0 atom stereocenters. The van der Waals surface area contributed by atoms with Gasteiger partial charge in [-0.05, 0) is 17.7 Å². The third kappa shape index (κ3) is 4.46. The van der Waals surface area contributed by atoms with Crippen molar-refractivity contribution in [3.05, 3.63) is 89.7 Å². The van der Waals surface area contributed by atoms with Gasteiger partial charge in [0.05, 0.1) is 11.3 Å². The van der Waals surface area contributed by atoms with Crippen LogP contribution in [0.4, 0.5) is 24.8 Å². The van der Waals surface area contributed by atoms with E-state index in [2.05, 4.69) is 44.3 Å². The molecule has 1 fully saturated rings. The molecule has 2 aromatic carbocycles. The zero-order chi connectivity index (χ0) is 22.8. The predicted molar refractivity (Wildman–Crippen MR) is 122 cm³/mol. The summed E-state index contributed by atoms with van der Waals surface area (Å²) in [7, 11) is 0. The van der Waals surface area contributed by atoms with Crippen molar-refractivity contribution in [3.8, 4) is 0 Å². The highest BCUT2D eigenvalue weighted by Crippen LogP contribution is 2.31. The fourth-order valence-electron chi connectivity index (χ4n) is 4.19. The van der Waals surface area contributed by atoms with Gasteiger partial charge in [-0.1, -0.05) is 54.6 Å². The maximum absolute atomic E-state index is 12.8. The Morgan fingerprint density at radius 2 is 1.39 bits per heavy atom. The van der Waals surface area contributed by atoms with Crippen molar-refractivity contribution in [1.29, 1.82) is 0 Å². The monoisotopic (exact) mass is 449 g/mol. The smallest absolute Gasteiger partial charge is 0.353 e. The summed E-state index contributed by atoms with van der Waals surface area (Å²) in [5.41, 5.74) is 1.39. The van der Waals surface area contributed by atoms with Crippen LogP contribution in [0.2, 0.25) is 0 Å². The third-order valence-electron chi connectivity index (χ3n) is 5.94. The van der Waals surface area contributed by atoms with Crippen molar-refractivity contribution in [2.75, 3.05) is 36.0 Å². The number of pyridine rings is 1. The van der Waals surface area contributed by atoms with Gasteiger partial charge >= 0.3 is 6.18 Å². The van der Waals surface area contributed by atoms with Crippen LogP contribution in [-0.4, -0.2) is 41.4 Å². The first-order valence-electron chi connectivity index (χ1n) is 10.8. The normalized spacial score (nSPS) is 14.6. The second kappa shape index (κ2) is 8.69. The molecule has 0 radical (unpaired) electrons.